The Bertz CT molecular complexity index is 412. The van der Waals surface area contributed by atoms with Gasteiger partial charge in [-0.3, -0.25) is 0 Å². The third kappa shape index (κ3) is 1.10. The highest BCUT2D eigenvalue weighted by molar-refractivity contribution is 7.98. The maximum Gasteiger partial charge on any atom is 0.207 e. The van der Waals surface area contributed by atoms with Gasteiger partial charge in [0.15, 0.2) is 7.85 Å². The van der Waals surface area contributed by atoms with Crippen molar-refractivity contribution in [2.45, 2.75) is 5.16 Å². The molecule has 2 aromatic rings. The van der Waals surface area contributed by atoms with Crippen molar-refractivity contribution in [3.63, 3.8) is 0 Å². The quantitative estimate of drug-likeness (QED) is 0.443. The Labute approximate surface area is 75.6 Å². The standard InChI is InChI=1S/C7H8BN3S/c1-12-7-9-4-5-2-3-6(8)11(5)10-7/h2-4H,8H2,1H3. The van der Waals surface area contributed by atoms with Crippen LogP contribution in [-0.4, -0.2) is 28.7 Å². The van der Waals surface area contributed by atoms with Crippen LogP contribution in [0.25, 0.3) is 5.52 Å². The van der Waals surface area contributed by atoms with Gasteiger partial charge in [0.2, 0.25) is 5.16 Å². The predicted molar refractivity (Wildman–Crippen MR) is 52.9 cm³/mol. The minimum atomic E-state index is 0.807. The van der Waals surface area contributed by atoms with Gasteiger partial charge in [0.1, 0.15) is 0 Å². The number of thioether (sulfide) groups is 1. The molecule has 0 atom stereocenters. The van der Waals surface area contributed by atoms with Crippen molar-refractivity contribution in [3.8, 4) is 0 Å². The lowest BCUT2D eigenvalue weighted by atomic mass is 10.1. The molecule has 0 aliphatic heterocycles. The van der Waals surface area contributed by atoms with Crippen molar-refractivity contribution in [1.82, 2.24) is 14.6 Å². The van der Waals surface area contributed by atoms with Gasteiger partial charge in [0, 0.05) is 0 Å². The first-order valence-electron chi connectivity index (χ1n) is 3.66. The van der Waals surface area contributed by atoms with Gasteiger partial charge in [-0.05, 0) is 24.0 Å². The van der Waals surface area contributed by atoms with Crippen LogP contribution in [0.4, 0.5) is 0 Å². The highest BCUT2D eigenvalue weighted by Crippen LogP contribution is 2.07. The molecule has 2 aromatic heterocycles. The van der Waals surface area contributed by atoms with Crippen molar-refractivity contribution in [3.05, 3.63) is 18.3 Å². The number of rotatable bonds is 1. The highest BCUT2D eigenvalue weighted by atomic mass is 32.2. The van der Waals surface area contributed by atoms with E-state index in [9.17, 15) is 0 Å². The van der Waals surface area contributed by atoms with Crippen LogP contribution >= 0.6 is 11.8 Å². The molecule has 12 heavy (non-hydrogen) atoms. The van der Waals surface area contributed by atoms with Crippen molar-refractivity contribution in [2.24, 2.45) is 0 Å². The molecule has 60 valence electrons. The lowest BCUT2D eigenvalue weighted by Gasteiger charge is -1.98. The summed E-state index contributed by atoms with van der Waals surface area (Å²) >= 11 is 1.55. The molecule has 0 N–H and O–H groups in total. The molecule has 2 heterocycles. The second kappa shape index (κ2) is 2.82. The smallest absolute Gasteiger partial charge is 0.207 e. The van der Waals surface area contributed by atoms with E-state index in [4.69, 9.17) is 0 Å². The predicted octanol–water partition coefficient (Wildman–Crippen LogP) is -0.290. The van der Waals surface area contributed by atoms with Gasteiger partial charge in [0.05, 0.1) is 11.7 Å². The third-order valence-corrected chi connectivity index (χ3v) is 2.30. The minimum absolute atomic E-state index is 0.807. The van der Waals surface area contributed by atoms with E-state index in [1.807, 2.05) is 36.9 Å². The fourth-order valence-corrected chi connectivity index (χ4v) is 1.43. The molecule has 0 saturated carbocycles. The van der Waals surface area contributed by atoms with E-state index in [-0.39, 0.29) is 0 Å². The van der Waals surface area contributed by atoms with Crippen molar-refractivity contribution >= 4 is 30.7 Å². The van der Waals surface area contributed by atoms with Crippen molar-refractivity contribution in [1.29, 1.82) is 0 Å². The summed E-state index contributed by atoms with van der Waals surface area (Å²) in [5.41, 5.74) is 2.19. The van der Waals surface area contributed by atoms with E-state index in [2.05, 4.69) is 10.1 Å². The van der Waals surface area contributed by atoms with Crippen LogP contribution in [0.1, 0.15) is 0 Å². The van der Waals surface area contributed by atoms with Gasteiger partial charge in [-0.15, -0.1) is 5.10 Å². The number of hydrogen-bond acceptors (Lipinski definition) is 3. The van der Waals surface area contributed by atoms with Crippen LogP contribution in [0.5, 0.6) is 0 Å². The normalized spacial score (nSPS) is 10.8. The Morgan fingerprint density at radius 1 is 1.50 bits per heavy atom. The molecule has 0 bridgehead atoms. The van der Waals surface area contributed by atoms with Crippen LogP contribution in [0.15, 0.2) is 23.5 Å². The van der Waals surface area contributed by atoms with E-state index in [0.717, 1.165) is 16.3 Å². The van der Waals surface area contributed by atoms with Gasteiger partial charge in [0.25, 0.3) is 0 Å². The van der Waals surface area contributed by atoms with Crippen LogP contribution < -0.4 is 5.59 Å². The van der Waals surface area contributed by atoms with Gasteiger partial charge >= 0.3 is 0 Å². The lowest BCUT2D eigenvalue weighted by Crippen LogP contribution is -2.12. The Hall–Kier alpha value is -0.965. The van der Waals surface area contributed by atoms with Gasteiger partial charge in [-0.1, -0.05) is 11.8 Å². The number of fused-ring (bicyclic) bond motifs is 1. The molecule has 0 spiro atoms. The third-order valence-electron chi connectivity index (χ3n) is 1.75. The highest BCUT2D eigenvalue weighted by Gasteiger charge is 1.99. The first-order valence-corrected chi connectivity index (χ1v) is 4.89. The van der Waals surface area contributed by atoms with Crippen LogP contribution in [-0.2, 0) is 0 Å². The summed E-state index contributed by atoms with van der Waals surface area (Å²) in [5.74, 6) is 0. The SMILES string of the molecule is Bc1ccc2cnc(SC)nn12. The van der Waals surface area contributed by atoms with Crippen LogP contribution in [0, 0.1) is 0 Å². The van der Waals surface area contributed by atoms with Gasteiger partial charge in [-0.25, -0.2) is 9.50 Å². The average molecular weight is 177 g/mol. The fourth-order valence-electron chi connectivity index (χ4n) is 1.11. The van der Waals surface area contributed by atoms with E-state index < -0.39 is 0 Å². The molecule has 0 aliphatic carbocycles. The molecular weight excluding hydrogens is 169 g/mol. The molecule has 0 fully saturated rings. The Morgan fingerprint density at radius 2 is 2.33 bits per heavy atom. The summed E-state index contributed by atoms with van der Waals surface area (Å²) in [5, 5.41) is 5.13. The molecule has 3 nitrogen and oxygen atoms in total. The average Bonchev–Trinajstić information content (AvgIpc) is 2.47. The molecule has 0 aliphatic rings. The maximum atomic E-state index is 4.32. The molecule has 2 rings (SSSR count). The first-order chi connectivity index (χ1) is 5.81. The van der Waals surface area contributed by atoms with Crippen LogP contribution in [0.3, 0.4) is 0 Å². The maximum absolute atomic E-state index is 4.32. The van der Waals surface area contributed by atoms with Crippen molar-refractivity contribution in [2.75, 3.05) is 6.26 Å². The summed E-state index contributed by atoms with van der Waals surface area (Å²) in [6, 6.07) is 4.05. The van der Waals surface area contributed by atoms with Crippen LogP contribution in [0.2, 0.25) is 0 Å². The first kappa shape index (κ1) is 7.67. The van der Waals surface area contributed by atoms with E-state index >= 15 is 0 Å². The van der Waals surface area contributed by atoms with E-state index in [0.29, 0.717) is 0 Å². The molecule has 0 aromatic carbocycles. The van der Waals surface area contributed by atoms with Gasteiger partial charge < -0.3 is 0 Å². The Morgan fingerprint density at radius 3 is 3.08 bits per heavy atom. The summed E-state index contributed by atoms with van der Waals surface area (Å²) in [4.78, 5) is 4.17. The zero-order chi connectivity index (χ0) is 8.55. The molecule has 0 saturated heterocycles. The van der Waals surface area contributed by atoms with E-state index in [1.54, 1.807) is 11.8 Å². The largest absolute Gasteiger partial charge is 0.244 e. The Kier molecular flexibility index (Phi) is 1.80. The van der Waals surface area contributed by atoms with E-state index in [1.165, 1.54) is 0 Å². The molecule has 0 unspecified atom stereocenters. The summed E-state index contributed by atoms with van der Waals surface area (Å²) in [6.07, 6.45) is 3.81. The number of aromatic nitrogens is 3. The Balaban J connectivity index is 2.71. The summed E-state index contributed by atoms with van der Waals surface area (Å²) < 4.78 is 1.90. The zero-order valence-electron chi connectivity index (χ0n) is 6.98. The second-order valence-corrected chi connectivity index (χ2v) is 3.33. The monoisotopic (exact) mass is 177 g/mol. The molecular formula is C7H8BN3S. The fraction of sp³-hybridized carbons (Fsp3) is 0.143. The van der Waals surface area contributed by atoms with Crippen molar-refractivity contribution < 1.29 is 0 Å². The molecule has 0 radical (unpaired) electrons. The zero-order valence-corrected chi connectivity index (χ0v) is 7.80. The lowest BCUT2D eigenvalue weighted by molar-refractivity contribution is 0.812. The minimum Gasteiger partial charge on any atom is -0.244 e. The number of hydrogen-bond donors (Lipinski definition) is 0. The second-order valence-electron chi connectivity index (χ2n) is 2.56. The summed E-state index contributed by atoms with van der Waals surface area (Å²) in [7, 11) is 2.03. The molecule has 5 heteroatoms. The summed E-state index contributed by atoms with van der Waals surface area (Å²) in [6.45, 7) is 0. The van der Waals surface area contributed by atoms with Gasteiger partial charge in [-0.2, -0.15) is 0 Å². The topological polar surface area (TPSA) is 30.2 Å². The molecule has 0 amide bonds. The number of nitrogens with zero attached hydrogens (tertiary/aromatic N) is 3.